The third-order valence-corrected chi connectivity index (χ3v) is 4.95. The molecule has 4 heterocycles. The second-order valence-electron chi connectivity index (χ2n) is 7.10. The predicted octanol–water partition coefficient (Wildman–Crippen LogP) is 0.545. The topological polar surface area (TPSA) is 128 Å². The van der Waals surface area contributed by atoms with Crippen molar-refractivity contribution in [2.24, 2.45) is 7.05 Å². The normalized spacial score (nSPS) is 13.7. The Labute approximate surface area is 190 Å². The van der Waals surface area contributed by atoms with E-state index in [4.69, 9.17) is 19.3 Å². The van der Waals surface area contributed by atoms with Crippen LogP contribution in [0.3, 0.4) is 0 Å². The van der Waals surface area contributed by atoms with Crippen LogP contribution in [0.15, 0.2) is 32.6 Å². The molecule has 0 spiro atoms. The van der Waals surface area contributed by atoms with Gasteiger partial charge in [0.25, 0.3) is 5.56 Å². The lowest BCUT2D eigenvalue weighted by molar-refractivity contribution is -0.192. The summed E-state index contributed by atoms with van der Waals surface area (Å²) in [6, 6.07) is 1.67. The number of piperazine rings is 1. The molecule has 1 aliphatic heterocycles. The fraction of sp³-hybridized carbons (Fsp3) is 0.400. The van der Waals surface area contributed by atoms with Crippen molar-refractivity contribution in [3.8, 4) is 17.5 Å². The fourth-order valence-electron chi connectivity index (χ4n) is 3.31. The van der Waals surface area contributed by atoms with Crippen LogP contribution in [0.4, 0.5) is 19.1 Å². The van der Waals surface area contributed by atoms with Gasteiger partial charge in [-0.1, -0.05) is 5.92 Å². The van der Waals surface area contributed by atoms with Gasteiger partial charge in [0.05, 0.1) is 18.5 Å². The van der Waals surface area contributed by atoms with E-state index in [2.05, 4.69) is 22.1 Å². The number of hydrogen-bond acceptors (Lipinski definition) is 7. The molecule has 3 aromatic heterocycles. The van der Waals surface area contributed by atoms with Gasteiger partial charge in [-0.2, -0.15) is 18.2 Å². The molecular formula is C20H21F3N6O5. The first-order valence-corrected chi connectivity index (χ1v) is 9.98. The number of carboxylic acids is 1. The van der Waals surface area contributed by atoms with E-state index in [-0.39, 0.29) is 5.56 Å². The molecule has 1 saturated heterocycles. The zero-order valence-corrected chi connectivity index (χ0v) is 18.2. The molecule has 1 fully saturated rings. The summed E-state index contributed by atoms with van der Waals surface area (Å²) in [6.07, 6.45) is -2.14. The molecule has 0 radical (unpaired) electrons. The molecule has 4 rings (SSSR count). The summed E-state index contributed by atoms with van der Waals surface area (Å²) in [4.78, 5) is 41.4. The molecule has 3 aromatic rings. The first-order chi connectivity index (χ1) is 16.1. The minimum atomic E-state index is -5.08. The molecule has 0 aromatic carbocycles. The number of fused-ring (bicyclic) bond motifs is 1. The predicted molar refractivity (Wildman–Crippen MR) is 115 cm³/mol. The van der Waals surface area contributed by atoms with E-state index in [1.54, 1.807) is 17.6 Å². The van der Waals surface area contributed by atoms with E-state index in [1.807, 2.05) is 0 Å². The number of carboxylic acid groups (broad SMARTS) is 1. The van der Waals surface area contributed by atoms with Crippen LogP contribution < -0.4 is 21.5 Å². The van der Waals surface area contributed by atoms with E-state index < -0.39 is 17.8 Å². The van der Waals surface area contributed by atoms with Gasteiger partial charge in [-0.05, 0) is 6.92 Å². The Balaban J connectivity index is 0.000000406. The Hall–Kier alpha value is -3.99. The molecule has 0 amide bonds. The van der Waals surface area contributed by atoms with Crippen LogP contribution in [0.25, 0.3) is 16.9 Å². The van der Waals surface area contributed by atoms with Gasteiger partial charge in [-0.15, -0.1) is 5.92 Å². The molecule has 0 bridgehead atoms. The summed E-state index contributed by atoms with van der Waals surface area (Å²) in [5.41, 5.74) is 0.345. The SMILES string of the molecule is CC#CCn1c(N2CCNCC2)nc2c1c(=O)n(C)c(=O)n2-c1ccoc1.O=C(O)C(F)(F)F. The van der Waals surface area contributed by atoms with Gasteiger partial charge < -0.3 is 19.7 Å². The summed E-state index contributed by atoms with van der Waals surface area (Å²) >= 11 is 0. The Morgan fingerprint density at radius 2 is 1.94 bits per heavy atom. The van der Waals surface area contributed by atoms with Gasteiger partial charge in [0, 0.05) is 39.3 Å². The van der Waals surface area contributed by atoms with Gasteiger partial charge in [0.1, 0.15) is 6.26 Å². The lowest BCUT2D eigenvalue weighted by Gasteiger charge is -2.28. The number of aliphatic carboxylic acids is 1. The van der Waals surface area contributed by atoms with Crippen LogP contribution in [0, 0.1) is 11.8 Å². The Morgan fingerprint density at radius 3 is 2.47 bits per heavy atom. The lowest BCUT2D eigenvalue weighted by atomic mass is 10.4. The summed E-state index contributed by atoms with van der Waals surface area (Å²) in [5, 5.41) is 10.4. The lowest BCUT2D eigenvalue weighted by Crippen LogP contribution is -2.44. The maximum Gasteiger partial charge on any atom is 0.490 e. The van der Waals surface area contributed by atoms with E-state index in [0.717, 1.165) is 30.7 Å². The summed E-state index contributed by atoms with van der Waals surface area (Å²) in [5.74, 6) is 3.77. The van der Waals surface area contributed by atoms with E-state index in [9.17, 15) is 22.8 Å². The van der Waals surface area contributed by atoms with Crippen LogP contribution in [0.2, 0.25) is 0 Å². The molecule has 34 heavy (non-hydrogen) atoms. The number of anilines is 1. The van der Waals surface area contributed by atoms with Gasteiger partial charge in [-0.25, -0.2) is 14.2 Å². The van der Waals surface area contributed by atoms with Crippen LogP contribution in [0.5, 0.6) is 0 Å². The number of nitrogens with zero attached hydrogens (tertiary/aromatic N) is 5. The average Bonchev–Trinajstić information content (AvgIpc) is 3.45. The van der Waals surface area contributed by atoms with Crippen molar-refractivity contribution >= 4 is 23.1 Å². The fourth-order valence-corrected chi connectivity index (χ4v) is 3.31. The van der Waals surface area contributed by atoms with Gasteiger partial charge in [0.2, 0.25) is 5.95 Å². The minimum Gasteiger partial charge on any atom is -0.475 e. The molecule has 1 aliphatic rings. The number of furan rings is 1. The van der Waals surface area contributed by atoms with Gasteiger partial charge in [0.15, 0.2) is 11.2 Å². The molecular weight excluding hydrogens is 461 g/mol. The Morgan fingerprint density at radius 1 is 1.29 bits per heavy atom. The van der Waals surface area contributed by atoms with Gasteiger partial charge >= 0.3 is 17.8 Å². The molecule has 0 atom stereocenters. The number of nitrogens with one attached hydrogen (secondary N) is 1. The number of aromatic nitrogens is 4. The number of halogens is 3. The van der Waals surface area contributed by atoms with E-state index in [1.165, 1.54) is 24.1 Å². The Kier molecular flexibility index (Phi) is 7.16. The first kappa shape index (κ1) is 24.6. The summed E-state index contributed by atoms with van der Waals surface area (Å²) in [7, 11) is 1.47. The number of imidazole rings is 1. The molecule has 182 valence electrons. The third kappa shape index (κ3) is 4.84. The second-order valence-corrected chi connectivity index (χ2v) is 7.10. The van der Waals surface area contributed by atoms with Crippen molar-refractivity contribution in [1.82, 2.24) is 24.0 Å². The second kappa shape index (κ2) is 9.87. The molecule has 0 unspecified atom stereocenters. The van der Waals surface area contributed by atoms with Crippen LogP contribution >= 0.6 is 0 Å². The highest BCUT2D eigenvalue weighted by Gasteiger charge is 2.38. The monoisotopic (exact) mass is 482 g/mol. The molecule has 0 saturated carbocycles. The van der Waals surface area contributed by atoms with Crippen molar-refractivity contribution < 1.29 is 27.5 Å². The van der Waals surface area contributed by atoms with Gasteiger partial charge in [-0.3, -0.25) is 13.9 Å². The van der Waals surface area contributed by atoms with Crippen LogP contribution in [0.1, 0.15) is 6.92 Å². The summed E-state index contributed by atoms with van der Waals surface area (Å²) < 4.78 is 41.2. The number of hydrogen-bond donors (Lipinski definition) is 2. The maximum atomic E-state index is 12.9. The van der Waals surface area contributed by atoms with Crippen LogP contribution in [-0.2, 0) is 18.4 Å². The zero-order chi connectivity index (χ0) is 25.0. The molecule has 2 N–H and O–H groups in total. The Bertz CT molecular complexity index is 1350. The molecule has 11 nitrogen and oxygen atoms in total. The average molecular weight is 482 g/mol. The molecule has 14 heteroatoms. The quantitative estimate of drug-likeness (QED) is 0.518. The third-order valence-electron chi connectivity index (χ3n) is 4.95. The molecule has 0 aliphatic carbocycles. The smallest absolute Gasteiger partial charge is 0.475 e. The largest absolute Gasteiger partial charge is 0.490 e. The standard InChI is InChI=1S/C18H20N6O3.C2HF3O2/c1-3-4-8-23-14-15(20-17(23)22-9-6-19-7-10-22)24(13-5-11-27-12-13)18(26)21(2)16(14)25;3-2(4,5)1(6)7/h5,11-12,19H,6-10H2,1-2H3;(H,6,7). The zero-order valence-electron chi connectivity index (χ0n) is 18.2. The van der Waals surface area contributed by atoms with Crippen molar-refractivity contribution in [3.63, 3.8) is 0 Å². The highest BCUT2D eigenvalue weighted by Crippen LogP contribution is 2.22. The number of rotatable bonds is 3. The van der Waals surface area contributed by atoms with E-state index >= 15 is 0 Å². The van der Waals surface area contributed by atoms with Crippen LogP contribution in [-0.4, -0.2) is 62.1 Å². The highest BCUT2D eigenvalue weighted by molar-refractivity contribution is 5.76. The minimum absolute atomic E-state index is 0.316. The van der Waals surface area contributed by atoms with Crippen molar-refractivity contribution in [1.29, 1.82) is 0 Å². The summed E-state index contributed by atoms with van der Waals surface area (Å²) in [6.45, 7) is 5.26. The number of alkyl halides is 3. The van der Waals surface area contributed by atoms with Crippen molar-refractivity contribution in [3.05, 3.63) is 39.4 Å². The first-order valence-electron chi connectivity index (χ1n) is 9.98. The van der Waals surface area contributed by atoms with E-state index in [0.29, 0.717) is 29.3 Å². The van der Waals surface area contributed by atoms with Crippen molar-refractivity contribution in [2.75, 3.05) is 31.1 Å². The van der Waals surface area contributed by atoms with Crippen molar-refractivity contribution in [2.45, 2.75) is 19.6 Å². The number of carbonyl (C=O) groups is 1. The maximum absolute atomic E-state index is 12.9. The highest BCUT2D eigenvalue weighted by atomic mass is 19.4.